The van der Waals surface area contributed by atoms with Crippen molar-refractivity contribution in [1.82, 2.24) is 10.2 Å². The van der Waals surface area contributed by atoms with Gasteiger partial charge in [0.2, 0.25) is 5.91 Å². The van der Waals surface area contributed by atoms with E-state index >= 15 is 0 Å². The molecule has 1 unspecified atom stereocenters. The number of methoxy groups -OCH3 is 1. The summed E-state index contributed by atoms with van der Waals surface area (Å²) < 4.78 is 5.41. The van der Waals surface area contributed by atoms with Crippen molar-refractivity contribution in [2.75, 3.05) is 26.7 Å². The summed E-state index contributed by atoms with van der Waals surface area (Å²) >= 11 is 0. The maximum absolute atomic E-state index is 13.2. The molecule has 1 fully saturated rings. The first-order valence-corrected chi connectivity index (χ1v) is 9.80. The molecular formula is C23H28N2O3. The number of nitrogens with one attached hydrogen (secondary N) is 1. The Balaban J connectivity index is 1.83. The highest BCUT2D eigenvalue weighted by Crippen LogP contribution is 2.26. The van der Waals surface area contributed by atoms with Crippen molar-refractivity contribution in [3.05, 3.63) is 64.7 Å². The number of Topliss-reactive ketones (excluding diaryl/α,β-unsaturated/α-hetero) is 1. The molecular weight excluding hydrogens is 352 g/mol. The van der Waals surface area contributed by atoms with E-state index in [-0.39, 0.29) is 24.2 Å². The number of aryl methyl sites for hydroxylation is 1. The molecule has 28 heavy (non-hydrogen) atoms. The van der Waals surface area contributed by atoms with E-state index in [0.717, 1.165) is 30.6 Å². The molecule has 0 bridgehead atoms. The smallest absolute Gasteiger partial charge is 0.227 e. The maximum Gasteiger partial charge on any atom is 0.227 e. The first-order valence-electron chi connectivity index (χ1n) is 9.80. The molecule has 1 heterocycles. The second-order valence-electron chi connectivity index (χ2n) is 7.16. The largest absolute Gasteiger partial charge is 0.496 e. The summed E-state index contributed by atoms with van der Waals surface area (Å²) in [5.74, 6) is 0.662. The maximum atomic E-state index is 13.2. The van der Waals surface area contributed by atoms with E-state index in [0.29, 0.717) is 17.9 Å². The number of nitrogens with zero attached hydrogens (tertiary/aromatic N) is 1. The summed E-state index contributed by atoms with van der Waals surface area (Å²) in [5, 5.41) is 3.39. The SMILES string of the molecule is CCc1ccc(C2CNCCN2C(=O)Cc2cc(C(C)=O)ccc2OC)cc1. The number of ether oxygens (including phenoxy) is 1. The van der Waals surface area contributed by atoms with Gasteiger partial charge in [0.1, 0.15) is 5.75 Å². The number of amides is 1. The first-order chi connectivity index (χ1) is 13.5. The molecule has 0 radical (unpaired) electrons. The van der Waals surface area contributed by atoms with Gasteiger partial charge in [-0.1, -0.05) is 31.2 Å². The van der Waals surface area contributed by atoms with Gasteiger partial charge in [-0.2, -0.15) is 0 Å². The molecule has 148 valence electrons. The molecule has 1 aliphatic heterocycles. The Hall–Kier alpha value is -2.66. The van der Waals surface area contributed by atoms with E-state index in [1.165, 1.54) is 12.5 Å². The van der Waals surface area contributed by atoms with E-state index < -0.39 is 0 Å². The second kappa shape index (κ2) is 9.02. The monoisotopic (exact) mass is 380 g/mol. The van der Waals surface area contributed by atoms with Crippen molar-refractivity contribution < 1.29 is 14.3 Å². The molecule has 3 rings (SSSR count). The Morgan fingerprint density at radius 2 is 1.93 bits per heavy atom. The van der Waals surface area contributed by atoms with Gasteiger partial charge in [-0.05, 0) is 42.7 Å². The quantitative estimate of drug-likeness (QED) is 0.782. The molecule has 2 aromatic carbocycles. The minimum Gasteiger partial charge on any atom is -0.496 e. The number of piperazine rings is 1. The zero-order valence-electron chi connectivity index (χ0n) is 16.8. The minimum atomic E-state index is -0.0209. The lowest BCUT2D eigenvalue weighted by Crippen LogP contribution is -2.49. The molecule has 0 saturated carbocycles. The van der Waals surface area contributed by atoms with Gasteiger partial charge in [0, 0.05) is 30.8 Å². The Morgan fingerprint density at radius 1 is 1.18 bits per heavy atom. The van der Waals surface area contributed by atoms with Crippen LogP contribution in [-0.2, 0) is 17.6 Å². The Bertz CT molecular complexity index is 845. The van der Waals surface area contributed by atoms with Crippen molar-refractivity contribution in [3.8, 4) is 5.75 Å². The number of carbonyl (C=O) groups is 2. The number of hydrogen-bond acceptors (Lipinski definition) is 4. The molecule has 5 heteroatoms. The van der Waals surface area contributed by atoms with Crippen LogP contribution in [0.2, 0.25) is 0 Å². The van der Waals surface area contributed by atoms with Gasteiger partial charge < -0.3 is 15.0 Å². The summed E-state index contributed by atoms with van der Waals surface area (Å²) in [7, 11) is 1.58. The third-order valence-electron chi connectivity index (χ3n) is 5.37. The van der Waals surface area contributed by atoms with Crippen molar-refractivity contribution in [2.24, 2.45) is 0 Å². The Labute approximate surface area is 166 Å². The van der Waals surface area contributed by atoms with E-state index in [1.54, 1.807) is 25.3 Å². The third-order valence-corrected chi connectivity index (χ3v) is 5.37. The summed E-state index contributed by atoms with van der Waals surface area (Å²) in [6.07, 6.45) is 1.21. The van der Waals surface area contributed by atoms with Gasteiger partial charge in [0.05, 0.1) is 19.6 Å². The van der Waals surface area contributed by atoms with E-state index in [9.17, 15) is 9.59 Å². The van der Waals surface area contributed by atoms with Crippen LogP contribution < -0.4 is 10.1 Å². The minimum absolute atomic E-state index is 0.00846. The van der Waals surface area contributed by atoms with Gasteiger partial charge in [0.15, 0.2) is 5.78 Å². The lowest BCUT2D eigenvalue weighted by Gasteiger charge is -2.37. The Morgan fingerprint density at radius 3 is 2.57 bits per heavy atom. The molecule has 1 atom stereocenters. The molecule has 0 aromatic heterocycles. The molecule has 1 N–H and O–H groups in total. The summed E-state index contributed by atoms with van der Waals surface area (Å²) in [6.45, 7) is 5.84. The highest BCUT2D eigenvalue weighted by molar-refractivity contribution is 5.94. The van der Waals surface area contributed by atoms with Crippen molar-refractivity contribution in [1.29, 1.82) is 0 Å². The fraction of sp³-hybridized carbons (Fsp3) is 0.391. The number of rotatable bonds is 6. The van der Waals surface area contributed by atoms with Gasteiger partial charge in [0.25, 0.3) is 0 Å². The second-order valence-corrected chi connectivity index (χ2v) is 7.16. The highest BCUT2D eigenvalue weighted by atomic mass is 16.5. The van der Waals surface area contributed by atoms with Gasteiger partial charge >= 0.3 is 0 Å². The summed E-state index contributed by atoms with van der Waals surface area (Å²) in [4.78, 5) is 26.9. The predicted octanol–water partition coefficient (Wildman–Crippen LogP) is 3.18. The molecule has 0 spiro atoms. The van der Waals surface area contributed by atoms with E-state index in [4.69, 9.17) is 4.74 Å². The van der Waals surface area contributed by atoms with Gasteiger partial charge in [-0.3, -0.25) is 9.59 Å². The summed E-state index contributed by atoms with van der Waals surface area (Å²) in [6, 6.07) is 13.8. The van der Waals surface area contributed by atoms with Gasteiger partial charge in [-0.25, -0.2) is 0 Å². The first kappa shape index (κ1) is 20.1. The van der Waals surface area contributed by atoms with Crippen LogP contribution in [0.3, 0.4) is 0 Å². The third kappa shape index (κ3) is 4.42. The van der Waals surface area contributed by atoms with Crippen LogP contribution in [0, 0.1) is 0 Å². The summed E-state index contributed by atoms with van der Waals surface area (Å²) in [5.41, 5.74) is 3.77. The van der Waals surface area contributed by atoms with Crippen LogP contribution in [0.25, 0.3) is 0 Å². The predicted molar refractivity (Wildman–Crippen MR) is 110 cm³/mol. The van der Waals surface area contributed by atoms with Gasteiger partial charge in [-0.15, -0.1) is 0 Å². The number of carbonyl (C=O) groups excluding carboxylic acids is 2. The van der Waals surface area contributed by atoms with Crippen molar-refractivity contribution in [3.63, 3.8) is 0 Å². The Kier molecular flexibility index (Phi) is 6.47. The highest BCUT2D eigenvalue weighted by Gasteiger charge is 2.28. The zero-order valence-corrected chi connectivity index (χ0v) is 16.8. The van der Waals surface area contributed by atoms with Crippen LogP contribution in [-0.4, -0.2) is 43.3 Å². The average molecular weight is 380 g/mol. The lowest BCUT2D eigenvalue weighted by atomic mass is 9.99. The molecule has 1 aliphatic rings. The fourth-order valence-electron chi connectivity index (χ4n) is 3.68. The van der Waals surface area contributed by atoms with Crippen molar-refractivity contribution >= 4 is 11.7 Å². The molecule has 2 aromatic rings. The van der Waals surface area contributed by atoms with E-state index in [1.807, 2.05) is 4.90 Å². The van der Waals surface area contributed by atoms with Crippen LogP contribution in [0.1, 0.15) is 46.9 Å². The van der Waals surface area contributed by atoms with Crippen LogP contribution in [0.15, 0.2) is 42.5 Å². The number of ketones is 1. The van der Waals surface area contributed by atoms with Crippen LogP contribution >= 0.6 is 0 Å². The number of benzene rings is 2. The lowest BCUT2D eigenvalue weighted by molar-refractivity contribution is -0.133. The molecule has 5 nitrogen and oxygen atoms in total. The van der Waals surface area contributed by atoms with Crippen molar-refractivity contribution in [2.45, 2.75) is 32.7 Å². The topological polar surface area (TPSA) is 58.6 Å². The average Bonchev–Trinajstić information content (AvgIpc) is 2.73. The van der Waals surface area contributed by atoms with Crippen LogP contribution in [0.5, 0.6) is 5.75 Å². The standard InChI is InChI=1S/C23H28N2O3/c1-4-17-5-7-18(8-6-17)21-15-24-11-12-25(21)23(27)14-20-13-19(16(2)26)9-10-22(20)28-3/h5-10,13,21,24H,4,11-12,14-15H2,1-3H3. The number of hydrogen-bond donors (Lipinski definition) is 1. The fourth-order valence-corrected chi connectivity index (χ4v) is 3.68. The normalized spacial score (nSPS) is 16.7. The van der Waals surface area contributed by atoms with E-state index in [2.05, 4.69) is 36.5 Å². The molecule has 1 saturated heterocycles. The molecule has 0 aliphatic carbocycles. The zero-order chi connectivity index (χ0) is 20.1. The van der Waals surface area contributed by atoms with Crippen LogP contribution in [0.4, 0.5) is 0 Å². The molecule has 1 amide bonds.